The van der Waals surface area contributed by atoms with Gasteiger partial charge in [0.15, 0.2) is 0 Å². The fourth-order valence-electron chi connectivity index (χ4n) is 3.03. The Labute approximate surface area is 170 Å². The van der Waals surface area contributed by atoms with E-state index in [1.807, 2.05) is 6.92 Å². The molecule has 156 valence electrons. The molecule has 1 atom stereocenters. The summed E-state index contributed by atoms with van der Waals surface area (Å²) in [6, 6.07) is 11.5. The van der Waals surface area contributed by atoms with Crippen LogP contribution in [0.15, 0.2) is 48.5 Å². The Morgan fingerprint density at radius 3 is 2.34 bits per heavy atom. The van der Waals surface area contributed by atoms with E-state index >= 15 is 0 Å². The number of likely N-dealkylation sites (N-methyl/N-ethyl adjacent to an activating group) is 2. The first-order valence-corrected chi connectivity index (χ1v) is 9.54. The molecule has 0 saturated heterocycles. The molecule has 5 nitrogen and oxygen atoms in total. The molecule has 0 saturated carbocycles. The molecule has 0 aliphatic rings. The summed E-state index contributed by atoms with van der Waals surface area (Å²) in [4.78, 5) is 28.3. The summed E-state index contributed by atoms with van der Waals surface area (Å²) >= 11 is 0. The van der Waals surface area contributed by atoms with E-state index in [0.717, 1.165) is 5.56 Å². The Kier molecular flexibility index (Phi) is 8.27. The lowest BCUT2D eigenvalue weighted by Gasteiger charge is -2.30. The molecule has 0 spiro atoms. The molecule has 29 heavy (non-hydrogen) atoms. The molecule has 2 aromatic rings. The van der Waals surface area contributed by atoms with Crippen molar-refractivity contribution in [1.29, 1.82) is 0 Å². The van der Waals surface area contributed by atoms with Crippen molar-refractivity contribution in [2.45, 2.75) is 33.0 Å². The first-order chi connectivity index (χ1) is 13.8. The molecule has 0 aliphatic carbocycles. The second-order valence-corrected chi connectivity index (χ2v) is 6.97. The molecular weight excluding hydrogens is 376 g/mol. The zero-order chi connectivity index (χ0) is 21.4. The van der Waals surface area contributed by atoms with Crippen molar-refractivity contribution in [3.05, 3.63) is 71.3 Å². The summed E-state index contributed by atoms with van der Waals surface area (Å²) in [5.41, 5.74) is 1.50. The van der Waals surface area contributed by atoms with Crippen LogP contribution in [0.3, 0.4) is 0 Å². The zero-order valence-corrected chi connectivity index (χ0v) is 17.0. The van der Waals surface area contributed by atoms with Crippen LogP contribution in [0.4, 0.5) is 8.78 Å². The van der Waals surface area contributed by atoms with Crippen molar-refractivity contribution in [2.24, 2.45) is 0 Å². The molecule has 0 aromatic heterocycles. The quantitative estimate of drug-likeness (QED) is 0.701. The predicted molar refractivity (Wildman–Crippen MR) is 108 cm³/mol. The van der Waals surface area contributed by atoms with Gasteiger partial charge in [-0.1, -0.05) is 31.2 Å². The second kappa shape index (κ2) is 10.7. The number of hydrogen-bond acceptors (Lipinski definition) is 3. The van der Waals surface area contributed by atoms with E-state index in [0.29, 0.717) is 18.7 Å². The highest BCUT2D eigenvalue weighted by Gasteiger charge is 2.25. The zero-order valence-electron chi connectivity index (χ0n) is 17.0. The maximum Gasteiger partial charge on any atom is 0.239 e. The average Bonchev–Trinajstić information content (AvgIpc) is 2.70. The van der Waals surface area contributed by atoms with Crippen molar-refractivity contribution < 1.29 is 18.4 Å². The average molecular weight is 403 g/mol. The third kappa shape index (κ3) is 6.94. The van der Waals surface area contributed by atoms with Crippen LogP contribution in [0.5, 0.6) is 0 Å². The van der Waals surface area contributed by atoms with E-state index in [2.05, 4.69) is 5.32 Å². The summed E-state index contributed by atoms with van der Waals surface area (Å²) in [5, 5.41) is 2.78. The van der Waals surface area contributed by atoms with Gasteiger partial charge in [0.05, 0.1) is 12.6 Å². The molecule has 2 amide bonds. The first kappa shape index (κ1) is 22.5. The van der Waals surface area contributed by atoms with Gasteiger partial charge in [-0.05, 0) is 48.9 Å². The number of hydrogen-bond donors (Lipinski definition) is 1. The molecule has 0 bridgehead atoms. The lowest BCUT2D eigenvalue weighted by atomic mass is 10.2. The Morgan fingerprint density at radius 1 is 1.03 bits per heavy atom. The number of halogens is 2. The molecular formula is C22H27F2N3O2. The molecule has 1 unspecified atom stereocenters. The fourth-order valence-corrected chi connectivity index (χ4v) is 3.03. The van der Waals surface area contributed by atoms with Crippen LogP contribution in [0.1, 0.15) is 25.0 Å². The number of benzene rings is 2. The Morgan fingerprint density at radius 2 is 1.72 bits per heavy atom. The van der Waals surface area contributed by atoms with E-state index in [-0.39, 0.29) is 36.5 Å². The van der Waals surface area contributed by atoms with Gasteiger partial charge in [-0.15, -0.1) is 0 Å². The Balaban J connectivity index is 1.88. The maximum atomic E-state index is 13.3. The van der Waals surface area contributed by atoms with Crippen LogP contribution in [0.25, 0.3) is 0 Å². The molecule has 0 radical (unpaired) electrons. The van der Waals surface area contributed by atoms with Gasteiger partial charge in [0.25, 0.3) is 0 Å². The summed E-state index contributed by atoms with van der Waals surface area (Å²) in [6.07, 6.45) is 0. The van der Waals surface area contributed by atoms with Gasteiger partial charge in [0.2, 0.25) is 11.8 Å². The number of carbonyl (C=O) groups excluding carboxylic acids is 2. The number of nitrogens with zero attached hydrogens (tertiary/aromatic N) is 2. The van der Waals surface area contributed by atoms with Crippen LogP contribution >= 0.6 is 0 Å². The molecule has 0 fully saturated rings. The molecule has 7 heteroatoms. The van der Waals surface area contributed by atoms with Gasteiger partial charge in [0.1, 0.15) is 11.6 Å². The molecule has 2 rings (SSSR count). The van der Waals surface area contributed by atoms with Crippen molar-refractivity contribution in [3.63, 3.8) is 0 Å². The number of nitrogens with one attached hydrogen (secondary N) is 1. The van der Waals surface area contributed by atoms with Gasteiger partial charge < -0.3 is 10.2 Å². The topological polar surface area (TPSA) is 52.7 Å². The summed E-state index contributed by atoms with van der Waals surface area (Å²) in [5.74, 6) is -1.04. The van der Waals surface area contributed by atoms with Gasteiger partial charge in [-0.25, -0.2) is 8.78 Å². The number of carbonyl (C=O) groups is 2. The second-order valence-electron chi connectivity index (χ2n) is 6.97. The summed E-state index contributed by atoms with van der Waals surface area (Å²) < 4.78 is 26.3. The van der Waals surface area contributed by atoms with E-state index in [1.165, 1.54) is 29.2 Å². The normalized spacial score (nSPS) is 11.9. The minimum absolute atomic E-state index is 0.0679. The summed E-state index contributed by atoms with van der Waals surface area (Å²) in [7, 11) is 1.66. The smallest absolute Gasteiger partial charge is 0.239 e. The van der Waals surface area contributed by atoms with Crippen molar-refractivity contribution in [3.8, 4) is 0 Å². The van der Waals surface area contributed by atoms with E-state index in [9.17, 15) is 18.4 Å². The highest BCUT2D eigenvalue weighted by atomic mass is 19.1. The van der Waals surface area contributed by atoms with Crippen molar-refractivity contribution >= 4 is 11.8 Å². The van der Waals surface area contributed by atoms with E-state index < -0.39 is 6.04 Å². The van der Waals surface area contributed by atoms with Crippen LogP contribution < -0.4 is 5.32 Å². The Hall–Kier alpha value is -2.80. The van der Waals surface area contributed by atoms with Crippen LogP contribution in [0, 0.1) is 11.6 Å². The minimum Gasteiger partial charge on any atom is -0.351 e. The van der Waals surface area contributed by atoms with Gasteiger partial charge >= 0.3 is 0 Å². The van der Waals surface area contributed by atoms with Crippen LogP contribution in [-0.2, 0) is 22.7 Å². The van der Waals surface area contributed by atoms with E-state index in [4.69, 9.17) is 0 Å². The monoisotopic (exact) mass is 403 g/mol. The minimum atomic E-state index is -0.505. The third-order valence-corrected chi connectivity index (χ3v) is 4.75. The van der Waals surface area contributed by atoms with Crippen molar-refractivity contribution in [1.82, 2.24) is 15.1 Å². The molecule has 2 aromatic carbocycles. The third-order valence-electron chi connectivity index (χ3n) is 4.75. The number of amides is 2. The standard InChI is InChI=1S/C22H27F2N3O2/c1-4-27(15-21(28)25-13-17-8-10-19(23)11-9-17)16(2)22(29)26(3)14-18-6-5-7-20(24)12-18/h5-12,16H,4,13-15H2,1-3H3,(H,25,28). The lowest BCUT2D eigenvalue weighted by Crippen LogP contribution is -2.49. The maximum absolute atomic E-state index is 13.3. The molecule has 0 heterocycles. The lowest BCUT2D eigenvalue weighted by molar-refractivity contribution is -0.136. The first-order valence-electron chi connectivity index (χ1n) is 9.54. The predicted octanol–water partition coefficient (Wildman–Crippen LogP) is 2.95. The van der Waals surface area contributed by atoms with Gasteiger partial charge in [-0.2, -0.15) is 0 Å². The summed E-state index contributed by atoms with van der Waals surface area (Å²) in [6.45, 7) is 4.79. The number of rotatable bonds is 9. The Bertz CT molecular complexity index is 827. The molecule has 0 aliphatic heterocycles. The van der Waals surface area contributed by atoms with Gasteiger partial charge in [0, 0.05) is 20.1 Å². The van der Waals surface area contributed by atoms with Gasteiger partial charge in [-0.3, -0.25) is 14.5 Å². The SMILES string of the molecule is CCN(CC(=O)NCc1ccc(F)cc1)C(C)C(=O)N(C)Cc1cccc(F)c1. The highest BCUT2D eigenvalue weighted by Crippen LogP contribution is 2.10. The van der Waals surface area contributed by atoms with Crippen LogP contribution in [0.2, 0.25) is 0 Å². The fraction of sp³-hybridized carbons (Fsp3) is 0.364. The molecule has 1 N–H and O–H groups in total. The van der Waals surface area contributed by atoms with E-state index in [1.54, 1.807) is 43.1 Å². The van der Waals surface area contributed by atoms with Crippen LogP contribution in [-0.4, -0.2) is 47.8 Å². The highest BCUT2D eigenvalue weighted by molar-refractivity contribution is 5.83. The largest absolute Gasteiger partial charge is 0.351 e. The van der Waals surface area contributed by atoms with Crippen molar-refractivity contribution in [2.75, 3.05) is 20.1 Å².